The van der Waals surface area contributed by atoms with Gasteiger partial charge in [0, 0.05) is 37.3 Å². The maximum absolute atomic E-state index is 14.1. The van der Waals surface area contributed by atoms with Crippen LogP contribution in [-0.2, 0) is 11.3 Å². The summed E-state index contributed by atoms with van der Waals surface area (Å²) in [7, 11) is 0. The van der Waals surface area contributed by atoms with Gasteiger partial charge in [-0.2, -0.15) is 0 Å². The van der Waals surface area contributed by atoms with E-state index in [1.807, 2.05) is 18.2 Å². The lowest BCUT2D eigenvalue weighted by Gasteiger charge is -2.37. The van der Waals surface area contributed by atoms with E-state index in [0.717, 1.165) is 31.9 Å². The highest BCUT2D eigenvalue weighted by Gasteiger charge is 2.34. The van der Waals surface area contributed by atoms with E-state index in [-0.39, 0.29) is 17.7 Å². The maximum atomic E-state index is 14.1. The number of halogens is 2. The van der Waals surface area contributed by atoms with E-state index in [4.69, 9.17) is 0 Å². The molecule has 1 amide bonds. The average molecular weight is 370 g/mol. The van der Waals surface area contributed by atoms with Gasteiger partial charge in [0.25, 0.3) is 0 Å². The molecule has 1 aliphatic heterocycles. The fourth-order valence-electron chi connectivity index (χ4n) is 3.91. The second kappa shape index (κ2) is 7.77. The highest BCUT2D eigenvalue weighted by molar-refractivity contribution is 5.79. The van der Waals surface area contributed by atoms with Gasteiger partial charge in [-0.15, -0.1) is 0 Å². The van der Waals surface area contributed by atoms with Crippen LogP contribution in [0.2, 0.25) is 0 Å². The quantitative estimate of drug-likeness (QED) is 0.867. The van der Waals surface area contributed by atoms with Crippen LogP contribution in [0.5, 0.6) is 0 Å². The number of likely N-dealkylation sites (tertiary alicyclic amines) is 1. The monoisotopic (exact) mass is 370 g/mol. The molecule has 142 valence electrons. The molecule has 0 radical (unpaired) electrons. The summed E-state index contributed by atoms with van der Waals surface area (Å²) in [6.45, 7) is 1.73. The minimum Gasteiger partial charge on any atom is -0.353 e. The van der Waals surface area contributed by atoms with Crippen molar-refractivity contribution in [2.24, 2.45) is 5.92 Å². The number of carbonyl (C=O) groups is 1. The zero-order valence-corrected chi connectivity index (χ0v) is 15.2. The highest BCUT2D eigenvalue weighted by atomic mass is 19.1. The molecule has 2 aromatic carbocycles. The molecule has 0 spiro atoms. The molecule has 2 aromatic rings. The van der Waals surface area contributed by atoms with Gasteiger partial charge in [-0.05, 0) is 36.8 Å². The number of rotatable bonds is 5. The van der Waals surface area contributed by atoms with Crippen molar-refractivity contribution in [1.82, 2.24) is 10.2 Å². The number of hydrogen-bond acceptors (Lipinski definition) is 2. The topological polar surface area (TPSA) is 32.3 Å². The summed E-state index contributed by atoms with van der Waals surface area (Å²) in [5.41, 5.74) is 1.66. The van der Waals surface area contributed by atoms with E-state index in [1.165, 1.54) is 17.7 Å². The molecule has 3 nitrogen and oxygen atoms in total. The fraction of sp³-hybridized carbons (Fsp3) is 0.409. The summed E-state index contributed by atoms with van der Waals surface area (Å²) in [4.78, 5) is 14.8. The van der Waals surface area contributed by atoms with Crippen molar-refractivity contribution in [3.63, 3.8) is 0 Å². The minimum atomic E-state index is -0.571. The summed E-state index contributed by atoms with van der Waals surface area (Å²) in [5, 5.41) is 3.11. The SMILES string of the molecule is O=C(NC1CC1)C1CC(c2ccccc2)CN(Cc2ccc(F)cc2F)C1. The number of carbonyl (C=O) groups excluding carboxylic acids is 1. The molecule has 1 saturated carbocycles. The molecule has 1 heterocycles. The molecule has 2 atom stereocenters. The molecule has 4 rings (SSSR count). The van der Waals surface area contributed by atoms with E-state index in [1.54, 1.807) is 0 Å². The first-order chi connectivity index (χ1) is 13.1. The van der Waals surface area contributed by atoms with Gasteiger partial charge in [-0.25, -0.2) is 8.78 Å². The van der Waals surface area contributed by atoms with Crippen molar-refractivity contribution in [2.75, 3.05) is 13.1 Å². The lowest BCUT2D eigenvalue weighted by atomic mass is 9.84. The molecular formula is C22H24F2N2O. The number of nitrogens with one attached hydrogen (secondary N) is 1. The molecule has 2 fully saturated rings. The van der Waals surface area contributed by atoms with Crippen LogP contribution in [0.15, 0.2) is 48.5 Å². The predicted molar refractivity (Wildman–Crippen MR) is 100 cm³/mol. The van der Waals surface area contributed by atoms with E-state index in [0.29, 0.717) is 24.7 Å². The number of nitrogens with zero attached hydrogens (tertiary/aromatic N) is 1. The Hall–Kier alpha value is -2.27. The van der Waals surface area contributed by atoms with Crippen LogP contribution in [-0.4, -0.2) is 29.9 Å². The molecule has 2 unspecified atom stereocenters. The summed E-state index contributed by atoms with van der Waals surface area (Å²) < 4.78 is 27.3. The fourth-order valence-corrected chi connectivity index (χ4v) is 3.91. The Kier molecular flexibility index (Phi) is 5.21. The van der Waals surface area contributed by atoms with Gasteiger partial charge in [-0.3, -0.25) is 9.69 Å². The molecule has 0 aromatic heterocycles. The van der Waals surface area contributed by atoms with Gasteiger partial charge < -0.3 is 5.32 Å². The Balaban J connectivity index is 1.52. The lowest BCUT2D eigenvalue weighted by molar-refractivity contribution is -0.127. The first-order valence-corrected chi connectivity index (χ1v) is 9.60. The highest BCUT2D eigenvalue weighted by Crippen LogP contribution is 2.32. The Labute approximate surface area is 158 Å². The van der Waals surface area contributed by atoms with E-state index in [2.05, 4.69) is 22.3 Å². The van der Waals surface area contributed by atoms with Crippen LogP contribution >= 0.6 is 0 Å². The summed E-state index contributed by atoms with van der Waals surface area (Å²) in [6, 6.07) is 14.2. The summed E-state index contributed by atoms with van der Waals surface area (Å²) in [6.07, 6.45) is 2.92. The minimum absolute atomic E-state index is 0.0997. The molecule has 5 heteroatoms. The van der Waals surface area contributed by atoms with Crippen molar-refractivity contribution in [3.8, 4) is 0 Å². The Morgan fingerprint density at radius 1 is 1.07 bits per heavy atom. The van der Waals surface area contributed by atoms with Crippen molar-refractivity contribution in [1.29, 1.82) is 0 Å². The standard InChI is InChI=1S/C22H24F2N2O/c23-19-7-6-16(21(24)11-19)12-26-13-17(15-4-2-1-3-5-15)10-18(14-26)22(27)25-20-8-9-20/h1-7,11,17-18,20H,8-10,12-14H2,(H,25,27). The van der Waals surface area contributed by atoms with Gasteiger partial charge in [0.15, 0.2) is 0 Å². The molecule has 27 heavy (non-hydrogen) atoms. The maximum Gasteiger partial charge on any atom is 0.224 e. The van der Waals surface area contributed by atoms with Crippen molar-refractivity contribution < 1.29 is 13.6 Å². The average Bonchev–Trinajstić information content (AvgIpc) is 3.48. The van der Waals surface area contributed by atoms with Crippen LogP contribution in [0.25, 0.3) is 0 Å². The third-order valence-corrected chi connectivity index (χ3v) is 5.50. The second-order valence-corrected chi connectivity index (χ2v) is 7.75. The summed E-state index contributed by atoms with van der Waals surface area (Å²) in [5.74, 6) is -0.899. The van der Waals surface area contributed by atoms with Gasteiger partial charge >= 0.3 is 0 Å². The Morgan fingerprint density at radius 2 is 1.85 bits per heavy atom. The third kappa shape index (κ3) is 4.53. The van der Waals surface area contributed by atoms with E-state index < -0.39 is 11.6 Å². The Bertz CT molecular complexity index is 807. The first kappa shape index (κ1) is 18.1. The molecule has 1 saturated heterocycles. The summed E-state index contributed by atoms with van der Waals surface area (Å²) >= 11 is 0. The largest absolute Gasteiger partial charge is 0.353 e. The van der Waals surface area contributed by atoms with Crippen molar-refractivity contribution in [2.45, 2.75) is 37.8 Å². The van der Waals surface area contributed by atoms with Gasteiger partial charge in [0.05, 0.1) is 5.92 Å². The van der Waals surface area contributed by atoms with Gasteiger partial charge in [-0.1, -0.05) is 36.4 Å². The molecule has 0 bridgehead atoms. The van der Waals surface area contributed by atoms with Gasteiger partial charge in [0.2, 0.25) is 5.91 Å². The van der Waals surface area contributed by atoms with E-state index in [9.17, 15) is 13.6 Å². The van der Waals surface area contributed by atoms with Crippen LogP contribution in [0.1, 0.15) is 36.3 Å². The van der Waals surface area contributed by atoms with Crippen LogP contribution in [0.4, 0.5) is 8.78 Å². The normalized spacial score (nSPS) is 23.2. The predicted octanol–water partition coefficient (Wildman–Crippen LogP) is 3.85. The molecule has 2 aliphatic rings. The molecular weight excluding hydrogens is 346 g/mol. The molecule has 1 N–H and O–H groups in total. The van der Waals surface area contributed by atoms with Crippen LogP contribution in [0.3, 0.4) is 0 Å². The third-order valence-electron chi connectivity index (χ3n) is 5.50. The first-order valence-electron chi connectivity index (χ1n) is 9.60. The van der Waals surface area contributed by atoms with Crippen LogP contribution in [0, 0.1) is 17.6 Å². The number of hydrogen-bond donors (Lipinski definition) is 1. The number of benzene rings is 2. The smallest absolute Gasteiger partial charge is 0.224 e. The number of amides is 1. The van der Waals surface area contributed by atoms with Gasteiger partial charge in [0.1, 0.15) is 11.6 Å². The van der Waals surface area contributed by atoms with Crippen molar-refractivity contribution >= 4 is 5.91 Å². The van der Waals surface area contributed by atoms with E-state index >= 15 is 0 Å². The van der Waals surface area contributed by atoms with Crippen molar-refractivity contribution in [3.05, 3.63) is 71.3 Å². The zero-order valence-electron chi connectivity index (χ0n) is 15.2. The Morgan fingerprint density at radius 3 is 2.56 bits per heavy atom. The second-order valence-electron chi connectivity index (χ2n) is 7.75. The van der Waals surface area contributed by atoms with Crippen LogP contribution < -0.4 is 5.32 Å². The molecule has 1 aliphatic carbocycles. The number of piperidine rings is 1. The zero-order chi connectivity index (χ0) is 18.8. The lowest BCUT2D eigenvalue weighted by Crippen LogP contribution is -2.46.